The van der Waals surface area contributed by atoms with Gasteiger partial charge in [-0.15, -0.1) is 0 Å². The number of fused-ring (bicyclic) bond motifs is 6. The third kappa shape index (κ3) is 5.51. The van der Waals surface area contributed by atoms with Gasteiger partial charge in [0.25, 0.3) is 0 Å². The summed E-state index contributed by atoms with van der Waals surface area (Å²) in [6, 6.07) is 78.0. The van der Waals surface area contributed by atoms with Gasteiger partial charge in [0, 0.05) is 38.5 Å². The zero-order valence-corrected chi connectivity index (χ0v) is 31.1. The number of para-hydroxylation sites is 4. The van der Waals surface area contributed by atoms with Crippen LogP contribution in [0.15, 0.2) is 223 Å². The summed E-state index contributed by atoms with van der Waals surface area (Å²) >= 11 is 0. The van der Waals surface area contributed by atoms with Gasteiger partial charge in [0.05, 0.1) is 22.4 Å². The number of rotatable bonds is 7. The Morgan fingerprint density at radius 2 is 0.965 bits per heavy atom. The molecule has 0 N–H and O–H groups in total. The van der Waals surface area contributed by atoms with Crippen molar-refractivity contribution in [3.05, 3.63) is 218 Å². The van der Waals surface area contributed by atoms with Crippen LogP contribution in [0.25, 0.3) is 82.8 Å². The topological polar surface area (TPSA) is 21.3 Å². The molecule has 2 aromatic heterocycles. The Hall–Kier alpha value is -7.62. The average Bonchev–Trinajstić information content (AvgIpc) is 3.84. The van der Waals surface area contributed by atoms with Crippen LogP contribution in [0, 0.1) is 0 Å². The maximum absolute atomic E-state index is 6.72. The Morgan fingerprint density at radius 1 is 0.368 bits per heavy atom. The largest absolute Gasteiger partial charge is 0.454 e. The van der Waals surface area contributed by atoms with Crippen molar-refractivity contribution in [3.8, 4) is 39.1 Å². The smallest absolute Gasteiger partial charge is 0.159 e. The van der Waals surface area contributed by atoms with E-state index >= 15 is 0 Å². The number of furan rings is 1. The standard InChI is InChI=1S/C54H36N2O/c1-4-16-37(17-5-1)40-32-35-49(47(36-40)38-18-6-2-7-19-38)56(51-28-15-25-45-44-22-11-13-29-52(44)57-54(45)51)42-33-30-39(31-34-42)43-24-14-27-50-53(43)46-23-10-12-26-48(46)55(50)41-20-8-3-9-21-41/h1-36H. The third-order valence-corrected chi connectivity index (χ3v) is 11.2. The first kappa shape index (κ1) is 32.8. The van der Waals surface area contributed by atoms with Crippen molar-refractivity contribution >= 4 is 60.8 Å². The van der Waals surface area contributed by atoms with Crippen LogP contribution < -0.4 is 4.90 Å². The average molecular weight is 729 g/mol. The summed E-state index contributed by atoms with van der Waals surface area (Å²) in [6.45, 7) is 0. The molecule has 268 valence electrons. The minimum absolute atomic E-state index is 0.854. The fourth-order valence-corrected chi connectivity index (χ4v) is 8.61. The molecule has 3 heteroatoms. The van der Waals surface area contributed by atoms with Crippen LogP contribution in [0.1, 0.15) is 0 Å². The lowest BCUT2D eigenvalue weighted by molar-refractivity contribution is 0.669. The van der Waals surface area contributed by atoms with Gasteiger partial charge in [0.15, 0.2) is 5.58 Å². The molecule has 3 nitrogen and oxygen atoms in total. The summed E-state index contributed by atoms with van der Waals surface area (Å²) in [5.41, 5.74) is 15.3. The molecule has 0 saturated carbocycles. The second-order valence-electron chi connectivity index (χ2n) is 14.5. The molecule has 0 aliphatic carbocycles. The number of benzene rings is 9. The number of hydrogen-bond donors (Lipinski definition) is 0. The van der Waals surface area contributed by atoms with Gasteiger partial charge < -0.3 is 13.9 Å². The van der Waals surface area contributed by atoms with Crippen molar-refractivity contribution in [1.29, 1.82) is 0 Å². The van der Waals surface area contributed by atoms with Crippen LogP contribution in [-0.2, 0) is 0 Å². The van der Waals surface area contributed by atoms with Gasteiger partial charge in [-0.3, -0.25) is 0 Å². The summed E-state index contributed by atoms with van der Waals surface area (Å²) < 4.78 is 9.10. The first-order valence-electron chi connectivity index (χ1n) is 19.4. The number of aromatic nitrogens is 1. The van der Waals surface area contributed by atoms with Gasteiger partial charge in [-0.1, -0.05) is 158 Å². The van der Waals surface area contributed by atoms with Crippen LogP contribution in [0.5, 0.6) is 0 Å². The Balaban J connectivity index is 1.13. The third-order valence-electron chi connectivity index (χ3n) is 11.2. The molecule has 0 radical (unpaired) electrons. The highest BCUT2D eigenvalue weighted by atomic mass is 16.3. The molecule has 0 spiro atoms. The lowest BCUT2D eigenvalue weighted by atomic mass is 9.95. The van der Waals surface area contributed by atoms with Crippen molar-refractivity contribution in [2.24, 2.45) is 0 Å². The highest BCUT2D eigenvalue weighted by molar-refractivity contribution is 6.16. The normalized spacial score (nSPS) is 11.5. The molecule has 2 heterocycles. The molecule has 57 heavy (non-hydrogen) atoms. The Morgan fingerprint density at radius 3 is 1.75 bits per heavy atom. The van der Waals surface area contributed by atoms with Gasteiger partial charge in [-0.25, -0.2) is 0 Å². The first-order chi connectivity index (χ1) is 28.3. The molecule has 0 aliphatic rings. The van der Waals surface area contributed by atoms with Crippen molar-refractivity contribution in [3.63, 3.8) is 0 Å². The second-order valence-corrected chi connectivity index (χ2v) is 14.5. The molecule has 0 unspecified atom stereocenters. The SMILES string of the molecule is c1ccc(-c2ccc(N(c3ccc(-c4cccc5c4c4ccccc4n5-c4ccccc4)cc3)c3cccc4c3oc3ccccc34)c(-c3ccccc3)c2)cc1. The van der Waals surface area contributed by atoms with E-state index in [1.54, 1.807) is 0 Å². The summed E-state index contributed by atoms with van der Waals surface area (Å²) in [5, 5.41) is 4.68. The molecule has 0 bridgehead atoms. The van der Waals surface area contributed by atoms with Gasteiger partial charge in [-0.2, -0.15) is 0 Å². The van der Waals surface area contributed by atoms with Gasteiger partial charge in [0.1, 0.15) is 5.58 Å². The van der Waals surface area contributed by atoms with Crippen molar-refractivity contribution in [1.82, 2.24) is 4.57 Å². The second kappa shape index (κ2) is 13.6. The summed E-state index contributed by atoms with van der Waals surface area (Å²) in [7, 11) is 0. The highest BCUT2D eigenvalue weighted by Gasteiger charge is 2.23. The molecular formula is C54H36N2O. The molecule has 0 saturated heterocycles. The lowest BCUT2D eigenvalue weighted by Gasteiger charge is -2.28. The van der Waals surface area contributed by atoms with Crippen molar-refractivity contribution < 1.29 is 4.42 Å². The summed E-state index contributed by atoms with van der Waals surface area (Å²) in [6.07, 6.45) is 0. The quantitative estimate of drug-likeness (QED) is 0.163. The van der Waals surface area contributed by atoms with E-state index in [0.717, 1.165) is 61.4 Å². The number of nitrogens with zero attached hydrogens (tertiary/aromatic N) is 2. The summed E-state index contributed by atoms with van der Waals surface area (Å²) in [4.78, 5) is 2.37. The van der Waals surface area contributed by atoms with Crippen LogP contribution in [0.3, 0.4) is 0 Å². The predicted octanol–water partition coefficient (Wildman–Crippen LogP) is 15.2. The maximum atomic E-state index is 6.72. The molecule has 0 amide bonds. The highest BCUT2D eigenvalue weighted by Crippen LogP contribution is 2.47. The predicted molar refractivity (Wildman–Crippen MR) is 239 cm³/mol. The fraction of sp³-hybridized carbons (Fsp3) is 0. The van der Waals surface area contributed by atoms with E-state index in [0.29, 0.717) is 0 Å². The van der Waals surface area contributed by atoms with Crippen molar-refractivity contribution in [2.45, 2.75) is 0 Å². The van der Waals surface area contributed by atoms with E-state index in [1.807, 2.05) is 6.07 Å². The number of hydrogen-bond acceptors (Lipinski definition) is 2. The Labute approximate surface area is 330 Å². The number of anilines is 3. The molecular weight excluding hydrogens is 693 g/mol. The van der Waals surface area contributed by atoms with Crippen LogP contribution in [-0.4, -0.2) is 4.57 Å². The van der Waals surface area contributed by atoms with E-state index in [4.69, 9.17) is 4.42 Å². The van der Waals surface area contributed by atoms with Gasteiger partial charge in [0.2, 0.25) is 0 Å². The Bertz CT molecular complexity index is 3220. The van der Waals surface area contributed by atoms with Crippen LogP contribution >= 0.6 is 0 Å². The van der Waals surface area contributed by atoms with E-state index in [-0.39, 0.29) is 0 Å². The van der Waals surface area contributed by atoms with E-state index in [1.165, 1.54) is 38.5 Å². The van der Waals surface area contributed by atoms with Crippen LogP contribution in [0.4, 0.5) is 17.1 Å². The molecule has 11 aromatic rings. The molecule has 0 atom stereocenters. The van der Waals surface area contributed by atoms with E-state index in [2.05, 4.69) is 222 Å². The first-order valence-corrected chi connectivity index (χ1v) is 19.4. The molecule has 0 aliphatic heterocycles. The van der Waals surface area contributed by atoms with E-state index < -0.39 is 0 Å². The fourth-order valence-electron chi connectivity index (χ4n) is 8.61. The van der Waals surface area contributed by atoms with Crippen molar-refractivity contribution in [2.75, 3.05) is 4.90 Å². The lowest BCUT2D eigenvalue weighted by Crippen LogP contribution is -2.11. The van der Waals surface area contributed by atoms with Crippen LogP contribution in [0.2, 0.25) is 0 Å². The van der Waals surface area contributed by atoms with E-state index in [9.17, 15) is 0 Å². The monoisotopic (exact) mass is 728 g/mol. The Kier molecular flexibility index (Phi) is 7.82. The van der Waals surface area contributed by atoms with Gasteiger partial charge in [-0.05, 0) is 88.5 Å². The maximum Gasteiger partial charge on any atom is 0.159 e. The molecule has 9 aromatic carbocycles. The minimum Gasteiger partial charge on any atom is -0.454 e. The van der Waals surface area contributed by atoms with Gasteiger partial charge >= 0.3 is 0 Å². The minimum atomic E-state index is 0.854. The zero-order valence-electron chi connectivity index (χ0n) is 31.1. The summed E-state index contributed by atoms with van der Waals surface area (Å²) in [5.74, 6) is 0. The molecule has 0 fully saturated rings. The zero-order chi connectivity index (χ0) is 37.7. The molecule has 11 rings (SSSR count).